The summed E-state index contributed by atoms with van der Waals surface area (Å²) < 4.78 is 0.761. The van der Waals surface area contributed by atoms with E-state index < -0.39 is 0 Å². The van der Waals surface area contributed by atoms with E-state index in [4.69, 9.17) is 17.3 Å². The van der Waals surface area contributed by atoms with Gasteiger partial charge in [-0.25, -0.2) is 4.98 Å². The number of anilines is 2. The highest BCUT2D eigenvalue weighted by atomic mass is 79.9. The third kappa shape index (κ3) is 5.69. The maximum atomic E-state index is 11.9. The summed E-state index contributed by atoms with van der Waals surface area (Å²) >= 11 is 9.09. The van der Waals surface area contributed by atoms with Crippen molar-refractivity contribution in [2.75, 3.05) is 24.1 Å². The molecular formula is C15H17BrClN5O. The minimum atomic E-state index is -0.115. The molecule has 1 aromatic heterocycles. The highest BCUT2D eigenvalue weighted by Crippen LogP contribution is 2.19. The molecule has 0 unspecified atom stereocenters. The second-order valence-corrected chi connectivity index (χ2v) is 6.04. The van der Waals surface area contributed by atoms with E-state index in [1.165, 1.54) is 0 Å². The quantitative estimate of drug-likeness (QED) is 0.378. The van der Waals surface area contributed by atoms with Crippen LogP contribution in [0.25, 0.3) is 0 Å². The van der Waals surface area contributed by atoms with Gasteiger partial charge in [-0.15, -0.1) is 0 Å². The Morgan fingerprint density at radius 2 is 2.09 bits per heavy atom. The molecule has 1 amide bonds. The van der Waals surface area contributed by atoms with Crippen LogP contribution in [0.3, 0.4) is 0 Å². The first-order valence-electron chi connectivity index (χ1n) is 7.12. The summed E-state index contributed by atoms with van der Waals surface area (Å²) in [6.07, 6.45) is 3.33. The number of rotatable bonds is 7. The lowest BCUT2D eigenvalue weighted by molar-refractivity contribution is 0.0953. The molecule has 0 fully saturated rings. The van der Waals surface area contributed by atoms with Gasteiger partial charge < -0.3 is 16.4 Å². The number of unbranched alkanes of at least 4 members (excludes halogenated alkanes) is 1. The second kappa shape index (κ2) is 8.69. The van der Waals surface area contributed by atoms with Crippen molar-refractivity contribution >= 4 is 44.9 Å². The highest BCUT2D eigenvalue weighted by molar-refractivity contribution is 9.10. The van der Waals surface area contributed by atoms with E-state index in [9.17, 15) is 4.79 Å². The minimum absolute atomic E-state index is 0.115. The number of nitrogens with one attached hydrogen (secondary N) is 2. The van der Waals surface area contributed by atoms with Crippen molar-refractivity contribution in [3.63, 3.8) is 0 Å². The molecule has 8 heteroatoms. The molecule has 0 saturated carbocycles. The summed E-state index contributed by atoms with van der Waals surface area (Å²) in [6.45, 7) is 1.32. The van der Waals surface area contributed by atoms with Gasteiger partial charge in [0.15, 0.2) is 0 Å². The maximum Gasteiger partial charge on any atom is 0.251 e. The Morgan fingerprint density at radius 3 is 2.87 bits per heavy atom. The monoisotopic (exact) mass is 397 g/mol. The predicted octanol–water partition coefficient (Wildman–Crippen LogP) is 3.10. The van der Waals surface area contributed by atoms with Crippen LogP contribution in [-0.2, 0) is 0 Å². The fourth-order valence-corrected chi connectivity index (χ4v) is 2.37. The number of halogens is 2. The van der Waals surface area contributed by atoms with E-state index >= 15 is 0 Å². The Kier molecular flexibility index (Phi) is 6.61. The van der Waals surface area contributed by atoms with Crippen molar-refractivity contribution in [2.24, 2.45) is 0 Å². The van der Waals surface area contributed by atoms with Gasteiger partial charge in [-0.3, -0.25) is 4.79 Å². The van der Waals surface area contributed by atoms with Crippen molar-refractivity contribution in [1.29, 1.82) is 0 Å². The van der Waals surface area contributed by atoms with Crippen LogP contribution in [0.1, 0.15) is 23.2 Å². The molecule has 2 rings (SSSR count). The molecule has 122 valence electrons. The molecule has 6 nitrogen and oxygen atoms in total. The first kappa shape index (κ1) is 17.5. The molecule has 1 aromatic carbocycles. The predicted molar refractivity (Wildman–Crippen MR) is 95.7 cm³/mol. The Hall–Kier alpha value is -1.86. The standard InChI is InChI=1S/C15H17BrClN5O/c16-12-9-21-15(17)22-13(12)19-6-1-2-7-20-14(23)10-4-3-5-11(18)8-10/h3-5,8-9H,1-2,6-7,18H2,(H,20,23)(H,19,21,22). The van der Waals surface area contributed by atoms with Crippen LogP contribution in [0.2, 0.25) is 5.28 Å². The lowest BCUT2D eigenvalue weighted by atomic mass is 10.2. The van der Waals surface area contributed by atoms with Crippen LogP contribution in [0.5, 0.6) is 0 Å². The number of hydrogen-bond donors (Lipinski definition) is 3. The van der Waals surface area contributed by atoms with Crippen molar-refractivity contribution < 1.29 is 4.79 Å². The van der Waals surface area contributed by atoms with Gasteiger partial charge in [0.25, 0.3) is 5.91 Å². The lowest BCUT2D eigenvalue weighted by Crippen LogP contribution is -2.24. The molecule has 2 aromatic rings. The Morgan fingerprint density at radius 1 is 1.30 bits per heavy atom. The molecule has 0 aliphatic carbocycles. The normalized spacial score (nSPS) is 10.3. The Labute approximate surface area is 148 Å². The van der Waals surface area contributed by atoms with Gasteiger partial charge in [0.05, 0.1) is 4.47 Å². The summed E-state index contributed by atoms with van der Waals surface area (Å²) in [5.41, 5.74) is 6.81. The van der Waals surface area contributed by atoms with E-state index in [0.29, 0.717) is 23.6 Å². The number of hydrogen-bond acceptors (Lipinski definition) is 5. The van der Waals surface area contributed by atoms with Gasteiger partial charge in [-0.05, 0) is 58.6 Å². The molecule has 0 bridgehead atoms. The van der Waals surface area contributed by atoms with Gasteiger partial charge in [-0.1, -0.05) is 6.07 Å². The molecule has 23 heavy (non-hydrogen) atoms. The van der Waals surface area contributed by atoms with Gasteiger partial charge in [0.2, 0.25) is 5.28 Å². The number of carbonyl (C=O) groups is 1. The van der Waals surface area contributed by atoms with Gasteiger partial charge >= 0.3 is 0 Å². The van der Waals surface area contributed by atoms with Crippen LogP contribution in [-0.4, -0.2) is 29.0 Å². The number of aromatic nitrogens is 2. The third-order valence-electron chi connectivity index (χ3n) is 3.05. The van der Waals surface area contributed by atoms with Crippen molar-refractivity contribution in [3.8, 4) is 0 Å². The number of benzene rings is 1. The summed E-state index contributed by atoms with van der Waals surface area (Å²) in [5.74, 6) is 0.546. The van der Waals surface area contributed by atoms with E-state index in [1.54, 1.807) is 30.5 Å². The number of nitrogens with two attached hydrogens (primary N) is 1. The molecular weight excluding hydrogens is 382 g/mol. The average Bonchev–Trinajstić information content (AvgIpc) is 2.53. The molecule has 0 atom stereocenters. The average molecular weight is 399 g/mol. The first-order valence-corrected chi connectivity index (χ1v) is 8.29. The third-order valence-corrected chi connectivity index (χ3v) is 3.81. The summed E-state index contributed by atoms with van der Waals surface area (Å²) in [4.78, 5) is 19.9. The zero-order valence-corrected chi connectivity index (χ0v) is 14.7. The summed E-state index contributed by atoms with van der Waals surface area (Å²) in [7, 11) is 0. The molecule has 0 aliphatic heterocycles. The smallest absolute Gasteiger partial charge is 0.251 e. The minimum Gasteiger partial charge on any atom is -0.399 e. The topological polar surface area (TPSA) is 92.9 Å². The number of nitrogen functional groups attached to an aromatic ring is 1. The highest BCUT2D eigenvalue weighted by Gasteiger charge is 2.05. The van der Waals surface area contributed by atoms with Crippen LogP contribution < -0.4 is 16.4 Å². The van der Waals surface area contributed by atoms with E-state index in [1.807, 2.05) is 0 Å². The van der Waals surface area contributed by atoms with Crippen LogP contribution in [0.15, 0.2) is 34.9 Å². The summed E-state index contributed by atoms with van der Waals surface area (Å²) in [6, 6.07) is 6.91. The summed E-state index contributed by atoms with van der Waals surface area (Å²) in [5, 5.41) is 6.24. The van der Waals surface area contributed by atoms with Gasteiger partial charge in [-0.2, -0.15) is 4.98 Å². The zero-order chi connectivity index (χ0) is 16.7. The Bertz CT molecular complexity index is 683. The van der Waals surface area contributed by atoms with Crippen LogP contribution >= 0.6 is 27.5 Å². The van der Waals surface area contributed by atoms with Crippen molar-refractivity contribution in [3.05, 3.63) is 45.8 Å². The van der Waals surface area contributed by atoms with Crippen LogP contribution in [0, 0.1) is 0 Å². The first-order chi connectivity index (χ1) is 11.1. The van der Waals surface area contributed by atoms with E-state index in [-0.39, 0.29) is 11.2 Å². The second-order valence-electron chi connectivity index (χ2n) is 4.85. The number of amides is 1. The molecule has 0 radical (unpaired) electrons. The zero-order valence-electron chi connectivity index (χ0n) is 12.4. The molecule has 0 spiro atoms. The van der Waals surface area contributed by atoms with Crippen molar-refractivity contribution in [1.82, 2.24) is 15.3 Å². The van der Waals surface area contributed by atoms with Gasteiger partial charge in [0.1, 0.15) is 5.82 Å². The Balaban J connectivity index is 1.66. The number of nitrogens with zero attached hydrogens (tertiary/aromatic N) is 2. The molecule has 0 saturated heterocycles. The molecule has 0 aliphatic rings. The van der Waals surface area contributed by atoms with Gasteiger partial charge in [0, 0.05) is 30.5 Å². The number of carbonyl (C=O) groups excluding carboxylic acids is 1. The van der Waals surface area contributed by atoms with Crippen LogP contribution in [0.4, 0.5) is 11.5 Å². The van der Waals surface area contributed by atoms with Crippen molar-refractivity contribution in [2.45, 2.75) is 12.8 Å². The largest absolute Gasteiger partial charge is 0.399 e. The fraction of sp³-hybridized carbons (Fsp3) is 0.267. The SMILES string of the molecule is Nc1cccc(C(=O)NCCCCNc2nc(Cl)ncc2Br)c1. The lowest BCUT2D eigenvalue weighted by Gasteiger charge is -2.08. The fourth-order valence-electron chi connectivity index (χ4n) is 1.91. The van der Waals surface area contributed by atoms with E-state index in [0.717, 1.165) is 23.9 Å². The van der Waals surface area contributed by atoms with E-state index in [2.05, 4.69) is 36.5 Å². The molecule has 4 N–H and O–H groups in total. The molecule has 1 heterocycles. The maximum absolute atomic E-state index is 11.9.